The Labute approximate surface area is 89.3 Å². The topological polar surface area (TPSA) is 61.4 Å². The molecule has 0 aliphatic rings. The lowest BCUT2D eigenvalue weighted by molar-refractivity contribution is -0.139. The van der Waals surface area contributed by atoms with Crippen LogP contribution in [0.1, 0.15) is 12.5 Å². The monoisotopic (exact) mass is 208 g/mol. The fourth-order valence-corrected chi connectivity index (χ4v) is 1.28. The van der Waals surface area contributed by atoms with Crippen LogP contribution in [0.15, 0.2) is 30.3 Å². The van der Waals surface area contributed by atoms with E-state index in [1.807, 2.05) is 37.3 Å². The first-order valence-electron chi connectivity index (χ1n) is 4.99. The molecule has 4 nitrogen and oxygen atoms in total. The Bertz CT molecular complexity index is 301. The number of benzene rings is 1. The Hall–Kier alpha value is -1.39. The number of hydrazine groups is 1. The molecule has 0 amide bonds. The summed E-state index contributed by atoms with van der Waals surface area (Å²) >= 11 is 0. The molecule has 0 bridgehead atoms. The molecule has 1 atom stereocenters. The molecule has 0 spiro atoms. The van der Waals surface area contributed by atoms with Gasteiger partial charge < -0.3 is 5.11 Å². The van der Waals surface area contributed by atoms with E-state index in [1.54, 1.807) is 0 Å². The molecule has 0 saturated carbocycles. The largest absolute Gasteiger partial charge is 0.480 e. The van der Waals surface area contributed by atoms with Crippen molar-refractivity contribution >= 4 is 5.97 Å². The van der Waals surface area contributed by atoms with Gasteiger partial charge in [-0.3, -0.25) is 10.2 Å². The van der Waals surface area contributed by atoms with Crippen molar-refractivity contribution in [1.82, 2.24) is 10.9 Å². The van der Waals surface area contributed by atoms with Crippen LogP contribution >= 0.6 is 0 Å². The van der Waals surface area contributed by atoms with Crippen LogP contribution in [0, 0.1) is 0 Å². The van der Waals surface area contributed by atoms with E-state index in [1.165, 1.54) is 0 Å². The second kappa shape index (κ2) is 6.16. The molecule has 0 aromatic heterocycles. The zero-order chi connectivity index (χ0) is 11.1. The number of carboxylic acids is 1. The number of rotatable bonds is 6. The molecular formula is C11H16N2O2. The Balaban J connectivity index is 2.55. The van der Waals surface area contributed by atoms with Crippen molar-refractivity contribution in [3.63, 3.8) is 0 Å². The summed E-state index contributed by atoms with van der Waals surface area (Å²) in [5, 5.41) is 8.96. The van der Waals surface area contributed by atoms with Crippen LogP contribution in [0.5, 0.6) is 0 Å². The summed E-state index contributed by atoms with van der Waals surface area (Å²) in [6.07, 6.45) is 0.475. The lowest BCUT2D eigenvalue weighted by atomic mass is 10.1. The van der Waals surface area contributed by atoms with Crippen LogP contribution in [0.4, 0.5) is 0 Å². The summed E-state index contributed by atoms with van der Waals surface area (Å²) in [5.74, 6) is -0.847. The van der Waals surface area contributed by atoms with Crippen LogP contribution in [0.25, 0.3) is 0 Å². The third-order valence-corrected chi connectivity index (χ3v) is 2.03. The van der Waals surface area contributed by atoms with Gasteiger partial charge in [0.25, 0.3) is 0 Å². The summed E-state index contributed by atoms with van der Waals surface area (Å²) in [7, 11) is 0. The Morgan fingerprint density at radius 1 is 1.40 bits per heavy atom. The standard InChI is InChI=1S/C11H16N2O2/c1-2-12-13-10(11(14)15)8-9-6-4-3-5-7-9/h3-7,10,12-13H,2,8H2,1H3,(H,14,15). The molecule has 0 aliphatic carbocycles. The maximum atomic E-state index is 10.9. The Morgan fingerprint density at radius 3 is 2.60 bits per heavy atom. The third kappa shape index (κ3) is 4.10. The minimum Gasteiger partial charge on any atom is -0.480 e. The molecule has 0 fully saturated rings. The predicted octanol–water partition coefficient (Wildman–Crippen LogP) is 0.796. The lowest BCUT2D eigenvalue weighted by Gasteiger charge is -2.14. The van der Waals surface area contributed by atoms with Gasteiger partial charge in [0, 0.05) is 6.54 Å². The van der Waals surface area contributed by atoms with Crippen molar-refractivity contribution in [2.75, 3.05) is 6.54 Å². The maximum absolute atomic E-state index is 10.9. The molecule has 0 aliphatic heterocycles. The van der Waals surface area contributed by atoms with E-state index in [9.17, 15) is 4.79 Å². The molecule has 1 unspecified atom stereocenters. The number of nitrogens with one attached hydrogen (secondary N) is 2. The Morgan fingerprint density at radius 2 is 2.07 bits per heavy atom. The summed E-state index contributed by atoms with van der Waals surface area (Å²) in [6, 6.07) is 8.97. The zero-order valence-corrected chi connectivity index (χ0v) is 8.73. The van der Waals surface area contributed by atoms with Gasteiger partial charge >= 0.3 is 5.97 Å². The van der Waals surface area contributed by atoms with Crippen molar-refractivity contribution in [2.45, 2.75) is 19.4 Å². The van der Waals surface area contributed by atoms with E-state index in [2.05, 4.69) is 10.9 Å². The SMILES string of the molecule is CCNNC(Cc1ccccc1)C(=O)O. The quantitative estimate of drug-likeness (QED) is 0.605. The highest BCUT2D eigenvalue weighted by Crippen LogP contribution is 2.02. The van der Waals surface area contributed by atoms with Gasteiger partial charge in [0.1, 0.15) is 6.04 Å². The molecule has 15 heavy (non-hydrogen) atoms. The summed E-state index contributed by atoms with van der Waals surface area (Å²) < 4.78 is 0. The molecule has 4 heteroatoms. The highest BCUT2D eigenvalue weighted by molar-refractivity contribution is 5.73. The zero-order valence-electron chi connectivity index (χ0n) is 8.73. The molecule has 0 saturated heterocycles. The van der Waals surface area contributed by atoms with E-state index in [4.69, 9.17) is 5.11 Å². The van der Waals surface area contributed by atoms with Gasteiger partial charge in [0.05, 0.1) is 0 Å². The van der Waals surface area contributed by atoms with E-state index in [0.717, 1.165) is 5.56 Å². The summed E-state index contributed by atoms with van der Waals surface area (Å²) in [6.45, 7) is 2.60. The minimum atomic E-state index is -0.847. The summed E-state index contributed by atoms with van der Waals surface area (Å²) in [5.41, 5.74) is 6.60. The molecule has 1 aromatic carbocycles. The molecule has 0 radical (unpaired) electrons. The molecule has 0 heterocycles. The van der Waals surface area contributed by atoms with E-state index >= 15 is 0 Å². The van der Waals surface area contributed by atoms with Gasteiger partial charge in [-0.25, -0.2) is 5.43 Å². The lowest BCUT2D eigenvalue weighted by Crippen LogP contribution is -2.46. The summed E-state index contributed by atoms with van der Waals surface area (Å²) in [4.78, 5) is 10.9. The fourth-order valence-electron chi connectivity index (χ4n) is 1.28. The smallest absolute Gasteiger partial charge is 0.322 e. The second-order valence-corrected chi connectivity index (χ2v) is 3.26. The van der Waals surface area contributed by atoms with Gasteiger partial charge in [-0.2, -0.15) is 0 Å². The number of aliphatic carboxylic acids is 1. The second-order valence-electron chi connectivity index (χ2n) is 3.26. The van der Waals surface area contributed by atoms with Gasteiger partial charge in [0.2, 0.25) is 0 Å². The van der Waals surface area contributed by atoms with Crippen LogP contribution in [-0.4, -0.2) is 23.7 Å². The predicted molar refractivity (Wildman–Crippen MR) is 58.4 cm³/mol. The number of hydrogen-bond acceptors (Lipinski definition) is 3. The van der Waals surface area contributed by atoms with Gasteiger partial charge in [0.15, 0.2) is 0 Å². The molecule has 1 aromatic rings. The van der Waals surface area contributed by atoms with E-state index < -0.39 is 12.0 Å². The first kappa shape index (κ1) is 11.7. The van der Waals surface area contributed by atoms with Crippen LogP contribution in [-0.2, 0) is 11.2 Å². The molecule has 3 N–H and O–H groups in total. The van der Waals surface area contributed by atoms with Crippen LogP contribution < -0.4 is 10.9 Å². The van der Waals surface area contributed by atoms with Gasteiger partial charge in [-0.15, -0.1) is 0 Å². The van der Waals surface area contributed by atoms with Crippen molar-refractivity contribution in [3.8, 4) is 0 Å². The van der Waals surface area contributed by atoms with Crippen molar-refractivity contribution < 1.29 is 9.90 Å². The average Bonchev–Trinajstić information content (AvgIpc) is 2.25. The van der Waals surface area contributed by atoms with Gasteiger partial charge in [-0.1, -0.05) is 37.3 Å². The highest BCUT2D eigenvalue weighted by Gasteiger charge is 2.16. The number of carbonyl (C=O) groups is 1. The number of carboxylic acid groups (broad SMARTS) is 1. The molecule has 1 rings (SSSR count). The minimum absolute atomic E-state index is 0.475. The van der Waals surface area contributed by atoms with Crippen molar-refractivity contribution in [2.24, 2.45) is 0 Å². The first-order valence-corrected chi connectivity index (χ1v) is 4.99. The molecular weight excluding hydrogens is 192 g/mol. The highest BCUT2D eigenvalue weighted by atomic mass is 16.4. The van der Waals surface area contributed by atoms with E-state index in [0.29, 0.717) is 13.0 Å². The van der Waals surface area contributed by atoms with Gasteiger partial charge in [-0.05, 0) is 12.0 Å². The normalized spacial score (nSPS) is 12.3. The Kier molecular flexibility index (Phi) is 4.80. The van der Waals surface area contributed by atoms with Crippen molar-refractivity contribution in [1.29, 1.82) is 0 Å². The van der Waals surface area contributed by atoms with Crippen molar-refractivity contribution in [3.05, 3.63) is 35.9 Å². The first-order chi connectivity index (χ1) is 7.24. The van der Waals surface area contributed by atoms with E-state index in [-0.39, 0.29) is 0 Å². The van der Waals surface area contributed by atoms with Crippen LogP contribution in [0.2, 0.25) is 0 Å². The maximum Gasteiger partial charge on any atom is 0.322 e. The third-order valence-electron chi connectivity index (χ3n) is 2.03. The van der Waals surface area contributed by atoms with Crippen LogP contribution in [0.3, 0.4) is 0 Å². The molecule has 82 valence electrons. The number of hydrogen-bond donors (Lipinski definition) is 3. The average molecular weight is 208 g/mol. The fraction of sp³-hybridized carbons (Fsp3) is 0.364.